The summed E-state index contributed by atoms with van der Waals surface area (Å²) in [5.41, 5.74) is 2.12. The highest BCUT2D eigenvalue weighted by atomic mass is 16.5. The molecule has 1 N–H and O–H groups in total. The summed E-state index contributed by atoms with van der Waals surface area (Å²) >= 11 is 0. The van der Waals surface area contributed by atoms with Crippen molar-refractivity contribution in [2.24, 2.45) is 0 Å². The van der Waals surface area contributed by atoms with Gasteiger partial charge in [-0.15, -0.1) is 0 Å². The lowest BCUT2D eigenvalue weighted by Gasteiger charge is -2.10. The Labute approximate surface area is 124 Å². The minimum Gasteiger partial charge on any atom is -0.494 e. The number of aromatic amines is 1. The van der Waals surface area contributed by atoms with Crippen LogP contribution in [0.3, 0.4) is 0 Å². The number of aryl methyl sites for hydroxylation is 1. The van der Waals surface area contributed by atoms with Crippen LogP contribution < -0.4 is 10.4 Å². The Morgan fingerprint density at radius 1 is 1.38 bits per heavy atom. The number of unbranched alkanes of at least 4 members (excludes halogenated alkanes) is 2. The van der Waals surface area contributed by atoms with Crippen LogP contribution in [-0.4, -0.2) is 21.4 Å². The van der Waals surface area contributed by atoms with Crippen LogP contribution in [-0.2, 0) is 13.0 Å². The minimum absolute atomic E-state index is 0.127. The summed E-state index contributed by atoms with van der Waals surface area (Å²) in [5.74, 6) is 1.65. The van der Waals surface area contributed by atoms with Crippen molar-refractivity contribution in [3.63, 3.8) is 0 Å². The van der Waals surface area contributed by atoms with Crippen molar-refractivity contribution in [2.45, 2.75) is 45.6 Å². The third-order valence-corrected chi connectivity index (χ3v) is 3.92. The zero-order valence-electron chi connectivity index (χ0n) is 12.4. The second-order valence-corrected chi connectivity index (χ2v) is 5.48. The number of ether oxygens (including phenoxy) is 1. The molecule has 21 heavy (non-hydrogen) atoms. The minimum atomic E-state index is -0.127. The Bertz CT molecular complexity index is 672. The predicted molar refractivity (Wildman–Crippen MR) is 81.6 cm³/mol. The topological polar surface area (TPSA) is 59.9 Å². The molecule has 0 unspecified atom stereocenters. The van der Waals surface area contributed by atoms with Gasteiger partial charge in [-0.2, -0.15) is 5.10 Å². The summed E-state index contributed by atoms with van der Waals surface area (Å²) in [5, 5.41) is 6.70. The molecule has 1 aromatic heterocycles. The molecule has 0 saturated carbocycles. The molecule has 1 aromatic carbocycles. The fourth-order valence-corrected chi connectivity index (χ4v) is 2.79. The molecule has 1 aliphatic rings. The maximum atomic E-state index is 11.7. The lowest BCUT2D eigenvalue weighted by atomic mass is 10.0. The Hall–Kier alpha value is -2.04. The highest BCUT2D eigenvalue weighted by Gasteiger charge is 2.18. The van der Waals surface area contributed by atoms with E-state index in [0.29, 0.717) is 6.54 Å². The van der Waals surface area contributed by atoms with E-state index in [1.165, 1.54) is 18.4 Å². The van der Waals surface area contributed by atoms with E-state index in [-0.39, 0.29) is 5.69 Å². The molecule has 5 heteroatoms. The van der Waals surface area contributed by atoms with Crippen molar-refractivity contribution in [3.8, 4) is 17.1 Å². The van der Waals surface area contributed by atoms with Crippen molar-refractivity contribution in [2.75, 3.05) is 6.61 Å². The lowest BCUT2D eigenvalue weighted by Crippen LogP contribution is -2.16. The molecule has 0 atom stereocenters. The van der Waals surface area contributed by atoms with E-state index in [1.54, 1.807) is 4.57 Å². The molecule has 2 aromatic rings. The summed E-state index contributed by atoms with van der Waals surface area (Å²) in [7, 11) is 0. The number of benzene rings is 1. The first kappa shape index (κ1) is 13.9. The Kier molecular flexibility index (Phi) is 4.08. The predicted octanol–water partition coefficient (Wildman–Crippen LogP) is 2.75. The highest BCUT2D eigenvalue weighted by molar-refractivity contribution is 5.62. The molecule has 0 aliphatic carbocycles. The Morgan fingerprint density at radius 2 is 2.29 bits per heavy atom. The zero-order chi connectivity index (χ0) is 14.7. The molecular weight excluding hydrogens is 266 g/mol. The van der Waals surface area contributed by atoms with Gasteiger partial charge in [0, 0.05) is 12.1 Å². The average molecular weight is 287 g/mol. The summed E-state index contributed by atoms with van der Waals surface area (Å²) in [6.07, 6.45) is 5.38. The van der Waals surface area contributed by atoms with Gasteiger partial charge < -0.3 is 4.74 Å². The van der Waals surface area contributed by atoms with Gasteiger partial charge in [-0.1, -0.05) is 19.8 Å². The molecule has 0 spiro atoms. The maximum Gasteiger partial charge on any atom is 0.343 e. The second-order valence-electron chi connectivity index (χ2n) is 5.48. The van der Waals surface area contributed by atoms with E-state index in [2.05, 4.69) is 23.2 Å². The van der Waals surface area contributed by atoms with Crippen LogP contribution in [0.2, 0.25) is 0 Å². The molecule has 0 saturated heterocycles. The van der Waals surface area contributed by atoms with Gasteiger partial charge in [-0.05, 0) is 43.0 Å². The summed E-state index contributed by atoms with van der Waals surface area (Å²) in [4.78, 5) is 11.7. The van der Waals surface area contributed by atoms with Crippen LogP contribution in [0.1, 0.15) is 38.2 Å². The van der Waals surface area contributed by atoms with E-state index >= 15 is 0 Å². The summed E-state index contributed by atoms with van der Waals surface area (Å²) < 4.78 is 7.53. The van der Waals surface area contributed by atoms with Gasteiger partial charge in [0.1, 0.15) is 5.75 Å². The number of fused-ring (bicyclic) bond motifs is 3. The standard InChI is InChI=1S/C16H21N3O2/c1-2-3-4-10-21-13-7-8-14-12(11-13)6-5-9-19-15(14)17-18-16(19)20/h7-8,11H,2-6,9-10H2,1H3,(H,18,20). The van der Waals surface area contributed by atoms with Gasteiger partial charge in [0.25, 0.3) is 0 Å². The van der Waals surface area contributed by atoms with Gasteiger partial charge >= 0.3 is 5.69 Å². The van der Waals surface area contributed by atoms with Crippen molar-refractivity contribution in [3.05, 3.63) is 34.2 Å². The van der Waals surface area contributed by atoms with Crippen LogP contribution in [0.25, 0.3) is 11.4 Å². The number of nitrogens with one attached hydrogen (secondary N) is 1. The smallest absolute Gasteiger partial charge is 0.343 e. The van der Waals surface area contributed by atoms with Crippen LogP contribution >= 0.6 is 0 Å². The van der Waals surface area contributed by atoms with Gasteiger partial charge in [0.05, 0.1) is 6.61 Å². The monoisotopic (exact) mass is 287 g/mol. The average Bonchev–Trinajstić information content (AvgIpc) is 2.76. The Balaban J connectivity index is 1.83. The Morgan fingerprint density at radius 3 is 3.14 bits per heavy atom. The van der Waals surface area contributed by atoms with Crippen LogP contribution in [0.15, 0.2) is 23.0 Å². The van der Waals surface area contributed by atoms with E-state index in [4.69, 9.17) is 4.74 Å². The number of H-pyrrole nitrogens is 1. The number of nitrogens with zero attached hydrogens (tertiary/aromatic N) is 2. The third kappa shape index (κ3) is 2.86. The molecule has 2 heterocycles. The van der Waals surface area contributed by atoms with Crippen molar-refractivity contribution in [1.82, 2.24) is 14.8 Å². The summed E-state index contributed by atoms with van der Waals surface area (Å²) in [6, 6.07) is 6.08. The molecule has 0 amide bonds. The first-order chi connectivity index (χ1) is 10.3. The van der Waals surface area contributed by atoms with E-state index in [9.17, 15) is 4.79 Å². The number of aromatic nitrogens is 3. The van der Waals surface area contributed by atoms with Crippen LogP contribution in [0.4, 0.5) is 0 Å². The quantitative estimate of drug-likeness (QED) is 0.860. The third-order valence-electron chi connectivity index (χ3n) is 3.92. The second kappa shape index (κ2) is 6.16. The first-order valence-electron chi connectivity index (χ1n) is 7.71. The first-order valence-corrected chi connectivity index (χ1v) is 7.71. The molecule has 3 rings (SSSR count). The molecule has 112 valence electrons. The van der Waals surface area contributed by atoms with Crippen LogP contribution in [0, 0.1) is 0 Å². The van der Waals surface area contributed by atoms with Gasteiger partial charge in [0.15, 0.2) is 5.82 Å². The SMILES string of the molecule is CCCCCOc1ccc2c(c1)CCCn1c-2n[nH]c1=O. The maximum absolute atomic E-state index is 11.7. The molecular formula is C16H21N3O2. The zero-order valence-corrected chi connectivity index (χ0v) is 12.4. The summed E-state index contributed by atoms with van der Waals surface area (Å²) in [6.45, 7) is 3.66. The number of hydrogen-bond acceptors (Lipinski definition) is 3. The molecule has 0 bridgehead atoms. The number of hydrogen-bond donors (Lipinski definition) is 1. The fraction of sp³-hybridized carbons (Fsp3) is 0.500. The fourth-order valence-electron chi connectivity index (χ4n) is 2.79. The van der Waals surface area contributed by atoms with Crippen molar-refractivity contribution >= 4 is 0 Å². The lowest BCUT2D eigenvalue weighted by molar-refractivity contribution is 0.306. The molecule has 1 aliphatic heterocycles. The van der Waals surface area contributed by atoms with E-state index in [0.717, 1.165) is 43.0 Å². The van der Waals surface area contributed by atoms with E-state index < -0.39 is 0 Å². The van der Waals surface area contributed by atoms with Gasteiger partial charge in [-0.25, -0.2) is 9.89 Å². The normalized spacial score (nSPS) is 13.4. The molecule has 0 radical (unpaired) electrons. The largest absolute Gasteiger partial charge is 0.494 e. The number of rotatable bonds is 5. The molecule has 5 nitrogen and oxygen atoms in total. The van der Waals surface area contributed by atoms with Gasteiger partial charge in [0.2, 0.25) is 0 Å². The van der Waals surface area contributed by atoms with Crippen LogP contribution in [0.5, 0.6) is 5.75 Å². The van der Waals surface area contributed by atoms with E-state index in [1.807, 2.05) is 12.1 Å². The van der Waals surface area contributed by atoms with Gasteiger partial charge in [-0.3, -0.25) is 4.57 Å². The molecule has 0 fully saturated rings. The highest BCUT2D eigenvalue weighted by Crippen LogP contribution is 2.29. The van der Waals surface area contributed by atoms with Crippen molar-refractivity contribution in [1.29, 1.82) is 0 Å². The van der Waals surface area contributed by atoms with Crippen molar-refractivity contribution < 1.29 is 4.74 Å².